The molecule has 0 heterocycles. The molecule has 1 aromatic carbocycles. The minimum absolute atomic E-state index is 0.735. The van der Waals surface area contributed by atoms with Gasteiger partial charge >= 0.3 is 0 Å². The summed E-state index contributed by atoms with van der Waals surface area (Å²) in [7, 11) is 0. The standard InChI is InChI=1S/C9H8N2/c10-7-1-2-8-3-5-9(11)6-4-8/h1-6H,11H2/b2-1+. The smallest absolute Gasteiger partial charge is 0.0912 e. The van der Waals surface area contributed by atoms with Crippen molar-refractivity contribution in [1.29, 1.82) is 5.26 Å². The number of hydrogen-bond acceptors (Lipinski definition) is 2. The molecule has 1 rings (SSSR count). The van der Waals surface area contributed by atoms with Crippen LogP contribution in [0.4, 0.5) is 5.69 Å². The molecular weight excluding hydrogens is 136 g/mol. The Morgan fingerprint density at radius 1 is 1.27 bits per heavy atom. The lowest BCUT2D eigenvalue weighted by molar-refractivity contribution is 1.54. The molecule has 2 nitrogen and oxygen atoms in total. The summed E-state index contributed by atoms with van der Waals surface area (Å²) < 4.78 is 0. The second-order valence-corrected chi connectivity index (χ2v) is 2.13. The Morgan fingerprint density at radius 3 is 2.45 bits per heavy atom. The van der Waals surface area contributed by atoms with Crippen LogP contribution in [0.15, 0.2) is 30.3 Å². The molecule has 54 valence electrons. The highest BCUT2D eigenvalue weighted by Gasteiger charge is 1.84. The Hall–Kier alpha value is -1.75. The zero-order valence-corrected chi connectivity index (χ0v) is 5.99. The molecule has 0 aliphatic carbocycles. The molecule has 2 N–H and O–H groups in total. The van der Waals surface area contributed by atoms with Crippen LogP contribution in [0.3, 0.4) is 0 Å². The van der Waals surface area contributed by atoms with Crippen molar-refractivity contribution >= 4 is 11.8 Å². The van der Waals surface area contributed by atoms with Crippen molar-refractivity contribution in [2.75, 3.05) is 5.73 Å². The van der Waals surface area contributed by atoms with Crippen molar-refractivity contribution in [3.8, 4) is 6.07 Å². The van der Waals surface area contributed by atoms with Crippen molar-refractivity contribution in [2.24, 2.45) is 0 Å². The first-order valence-corrected chi connectivity index (χ1v) is 3.24. The molecule has 0 spiro atoms. The van der Waals surface area contributed by atoms with Crippen LogP contribution >= 0.6 is 0 Å². The van der Waals surface area contributed by atoms with Gasteiger partial charge in [-0.25, -0.2) is 0 Å². The van der Waals surface area contributed by atoms with Gasteiger partial charge in [-0.3, -0.25) is 0 Å². The van der Waals surface area contributed by atoms with Gasteiger partial charge in [0.2, 0.25) is 0 Å². The predicted molar refractivity (Wildman–Crippen MR) is 45.5 cm³/mol. The van der Waals surface area contributed by atoms with Crippen LogP contribution in [-0.4, -0.2) is 0 Å². The third kappa shape index (κ3) is 2.15. The Balaban J connectivity index is 2.84. The average molecular weight is 144 g/mol. The van der Waals surface area contributed by atoms with E-state index in [4.69, 9.17) is 11.0 Å². The van der Waals surface area contributed by atoms with E-state index in [0.717, 1.165) is 11.3 Å². The molecule has 0 radical (unpaired) electrons. The highest BCUT2D eigenvalue weighted by atomic mass is 14.5. The second-order valence-electron chi connectivity index (χ2n) is 2.13. The van der Waals surface area contributed by atoms with Gasteiger partial charge < -0.3 is 5.73 Å². The monoisotopic (exact) mass is 144 g/mol. The Bertz CT molecular complexity index is 290. The SMILES string of the molecule is N#C/C=C/c1ccc(N)cc1. The van der Waals surface area contributed by atoms with Crippen molar-refractivity contribution < 1.29 is 0 Å². The number of anilines is 1. The van der Waals surface area contributed by atoms with E-state index in [-0.39, 0.29) is 0 Å². The van der Waals surface area contributed by atoms with E-state index in [1.165, 1.54) is 6.08 Å². The summed E-state index contributed by atoms with van der Waals surface area (Å²) >= 11 is 0. The minimum Gasteiger partial charge on any atom is -0.399 e. The number of nitrogens with zero attached hydrogens (tertiary/aromatic N) is 1. The Morgan fingerprint density at radius 2 is 1.91 bits per heavy atom. The maximum Gasteiger partial charge on any atom is 0.0912 e. The van der Waals surface area contributed by atoms with Crippen molar-refractivity contribution in [1.82, 2.24) is 0 Å². The summed E-state index contributed by atoms with van der Waals surface area (Å²) in [6, 6.07) is 9.25. The van der Waals surface area contributed by atoms with E-state index in [0.29, 0.717) is 0 Å². The zero-order chi connectivity index (χ0) is 8.10. The van der Waals surface area contributed by atoms with Gasteiger partial charge in [-0.15, -0.1) is 0 Å². The maximum absolute atomic E-state index is 8.22. The fourth-order valence-electron chi connectivity index (χ4n) is 0.741. The number of rotatable bonds is 1. The largest absolute Gasteiger partial charge is 0.399 e. The van der Waals surface area contributed by atoms with Gasteiger partial charge in [0.1, 0.15) is 0 Å². The Labute approximate surface area is 65.6 Å². The maximum atomic E-state index is 8.22. The molecule has 1 aromatic rings. The topological polar surface area (TPSA) is 49.8 Å². The molecule has 0 aliphatic heterocycles. The van der Waals surface area contributed by atoms with Crippen LogP contribution in [0.1, 0.15) is 5.56 Å². The van der Waals surface area contributed by atoms with Gasteiger partial charge in [0, 0.05) is 11.8 Å². The van der Waals surface area contributed by atoms with Crippen LogP contribution in [-0.2, 0) is 0 Å². The molecule has 11 heavy (non-hydrogen) atoms. The van der Waals surface area contributed by atoms with Crippen LogP contribution in [0, 0.1) is 11.3 Å². The number of nitrogen functional groups attached to an aromatic ring is 1. The molecule has 0 saturated carbocycles. The first-order valence-electron chi connectivity index (χ1n) is 3.24. The van der Waals surface area contributed by atoms with Gasteiger partial charge in [0.05, 0.1) is 6.07 Å². The first kappa shape index (κ1) is 7.36. The number of nitrogens with two attached hydrogens (primary N) is 1. The van der Waals surface area contributed by atoms with E-state index in [9.17, 15) is 0 Å². The third-order valence-electron chi connectivity index (χ3n) is 1.29. The van der Waals surface area contributed by atoms with Gasteiger partial charge in [0.25, 0.3) is 0 Å². The van der Waals surface area contributed by atoms with Crippen LogP contribution in [0.5, 0.6) is 0 Å². The van der Waals surface area contributed by atoms with Gasteiger partial charge in [0.15, 0.2) is 0 Å². The first-order chi connectivity index (χ1) is 5.33. The number of hydrogen-bond donors (Lipinski definition) is 1. The molecule has 0 amide bonds. The molecule has 0 fully saturated rings. The van der Waals surface area contributed by atoms with E-state index in [1.54, 1.807) is 18.2 Å². The lowest BCUT2D eigenvalue weighted by atomic mass is 10.2. The predicted octanol–water partition coefficient (Wildman–Crippen LogP) is 1.81. The fraction of sp³-hybridized carbons (Fsp3) is 0. The fourth-order valence-corrected chi connectivity index (χ4v) is 0.741. The molecule has 0 saturated heterocycles. The summed E-state index contributed by atoms with van der Waals surface area (Å²) in [5.41, 5.74) is 7.19. The molecule has 0 atom stereocenters. The van der Waals surface area contributed by atoms with Crippen LogP contribution in [0.25, 0.3) is 6.08 Å². The van der Waals surface area contributed by atoms with E-state index >= 15 is 0 Å². The number of benzene rings is 1. The van der Waals surface area contributed by atoms with E-state index in [2.05, 4.69) is 0 Å². The highest BCUT2D eigenvalue weighted by molar-refractivity contribution is 5.54. The molecule has 2 heteroatoms. The summed E-state index contributed by atoms with van der Waals surface area (Å²) in [6.45, 7) is 0. The zero-order valence-electron chi connectivity index (χ0n) is 5.99. The van der Waals surface area contributed by atoms with Crippen molar-refractivity contribution in [3.05, 3.63) is 35.9 Å². The number of allylic oxidation sites excluding steroid dienone is 1. The summed E-state index contributed by atoms with van der Waals surface area (Å²) in [5.74, 6) is 0. The lowest BCUT2D eigenvalue weighted by Gasteiger charge is -1.92. The quantitative estimate of drug-likeness (QED) is 0.482. The molecule has 0 aromatic heterocycles. The van der Waals surface area contributed by atoms with Crippen LogP contribution < -0.4 is 5.73 Å². The third-order valence-corrected chi connectivity index (χ3v) is 1.29. The molecule has 0 aliphatic rings. The van der Waals surface area contributed by atoms with Crippen molar-refractivity contribution in [3.63, 3.8) is 0 Å². The van der Waals surface area contributed by atoms with Gasteiger partial charge in [-0.1, -0.05) is 12.1 Å². The average Bonchev–Trinajstić information content (AvgIpc) is 2.04. The van der Waals surface area contributed by atoms with Crippen LogP contribution in [0.2, 0.25) is 0 Å². The van der Waals surface area contributed by atoms with Gasteiger partial charge in [-0.2, -0.15) is 5.26 Å². The normalized spacial score (nSPS) is 9.73. The summed E-state index contributed by atoms with van der Waals surface area (Å²) in [6.07, 6.45) is 3.17. The van der Waals surface area contributed by atoms with E-state index in [1.807, 2.05) is 18.2 Å². The summed E-state index contributed by atoms with van der Waals surface area (Å²) in [5, 5.41) is 8.22. The molecule has 0 unspecified atom stereocenters. The molecule has 0 bridgehead atoms. The Kier molecular flexibility index (Phi) is 2.29. The van der Waals surface area contributed by atoms with Gasteiger partial charge in [-0.05, 0) is 23.8 Å². The lowest BCUT2D eigenvalue weighted by Crippen LogP contribution is -1.82. The van der Waals surface area contributed by atoms with E-state index < -0.39 is 0 Å². The summed E-state index contributed by atoms with van der Waals surface area (Å²) in [4.78, 5) is 0. The highest BCUT2D eigenvalue weighted by Crippen LogP contribution is 2.06. The molecular formula is C9H8N2. The van der Waals surface area contributed by atoms with Crippen molar-refractivity contribution in [2.45, 2.75) is 0 Å². The second kappa shape index (κ2) is 3.43. The minimum atomic E-state index is 0.735. The number of nitriles is 1.